The number of hydrogen-bond donors (Lipinski definition) is 0. The number of ether oxygens (including phenoxy) is 3. The molecule has 0 spiro atoms. The van der Waals surface area contributed by atoms with Gasteiger partial charge in [-0.3, -0.25) is 14.4 Å². The molecule has 6 nitrogen and oxygen atoms in total. The van der Waals surface area contributed by atoms with Crippen LogP contribution in [0.5, 0.6) is 0 Å². The van der Waals surface area contributed by atoms with Crippen molar-refractivity contribution >= 4 is 17.9 Å². The minimum absolute atomic E-state index is 0.0921. The molecule has 0 heterocycles. The molecule has 0 N–H and O–H groups in total. The summed E-state index contributed by atoms with van der Waals surface area (Å²) >= 11 is 0. The van der Waals surface area contributed by atoms with Gasteiger partial charge in [0, 0.05) is 19.3 Å². The van der Waals surface area contributed by atoms with Gasteiger partial charge in [-0.1, -0.05) is 309 Å². The van der Waals surface area contributed by atoms with Gasteiger partial charge >= 0.3 is 17.9 Å². The van der Waals surface area contributed by atoms with Crippen molar-refractivity contribution in [2.75, 3.05) is 13.2 Å². The van der Waals surface area contributed by atoms with E-state index in [1.807, 2.05) is 0 Å². The normalized spacial score (nSPS) is 13.0. The first-order chi connectivity index (χ1) is 40.5. The third-order valence-electron chi connectivity index (χ3n) is 14.4. The number of hydrogen-bond acceptors (Lipinski definition) is 6. The molecular formula is C76H126O6. The van der Waals surface area contributed by atoms with Gasteiger partial charge in [-0.25, -0.2) is 0 Å². The Hall–Kier alpha value is -4.45. The van der Waals surface area contributed by atoms with E-state index >= 15 is 0 Å². The van der Waals surface area contributed by atoms with Gasteiger partial charge in [-0.05, 0) is 116 Å². The van der Waals surface area contributed by atoms with Crippen LogP contribution in [0.1, 0.15) is 310 Å². The van der Waals surface area contributed by atoms with E-state index in [-0.39, 0.29) is 31.1 Å². The molecule has 82 heavy (non-hydrogen) atoms. The Morgan fingerprint density at radius 1 is 0.256 bits per heavy atom. The van der Waals surface area contributed by atoms with Crippen molar-refractivity contribution in [3.05, 3.63) is 134 Å². The highest BCUT2D eigenvalue weighted by Crippen LogP contribution is 2.16. The smallest absolute Gasteiger partial charge is 0.306 e. The van der Waals surface area contributed by atoms with Crippen LogP contribution >= 0.6 is 0 Å². The predicted molar refractivity (Wildman–Crippen MR) is 357 cm³/mol. The van der Waals surface area contributed by atoms with Gasteiger partial charge in [0.25, 0.3) is 0 Å². The maximum Gasteiger partial charge on any atom is 0.306 e. The van der Waals surface area contributed by atoms with Gasteiger partial charge in [-0.2, -0.15) is 0 Å². The maximum atomic E-state index is 13.0. The minimum atomic E-state index is -0.801. The first-order valence-corrected chi connectivity index (χ1v) is 34.2. The van der Waals surface area contributed by atoms with Gasteiger partial charge in [0.15, 0.2) is 6.10 Å². The summed E-state index contributed by atoms with van der Waals surface area (Å²) in [7, 11) is 0. The first kappa shape index (κ1) is 77.5. The van der Waals surface area contributed by atoms with Crippen molar-refractivity contribution in [1.82, 2.24) is 0 Å². The van der Waals surface area contributed by atoms with E-state index in [2.05, 4.69) is 154 Å². The van der Waals surface area contributed by atoms with Crippen molar-refractivity contribution in [1.29, 1.82) is 0 Å². The lowest BCUT2D eigenvalue weighted by Gasteiger charge is -2.18. The zero-order valence-corrected chi connectivity index (χ0v) is 53.5. The van der Waals surface area contributed by atoms with Gasteiger partial charge in [-0.15, -0.1) is 0 Å². The Labute approximate surface area is 506 Å². The summed E-state index contributed by atoms with van der Waals surface area (Å²) in [5, 5.41) is 0. The summed E-state index contributed by atoms with van der Waals surface area (Å²) in [6, 6.07) is 0. The number of allylic oxidation sites excluding steroid dienone is 22. The fourth-order valence-electron chi connectivity index (χ4n) is 9.36. The highest BCUT2D eigenvalue weighted by molar-refractivity contribution is 5.71. The molecule has 0 fully saturated rings. The Balaban J connectivity index is 4.47. The Morgan fingerprint density at radius 2 is 0.476 bits per heavy atom. The third-order valence-corrected chi connectivity index (χ3v) is 14.4. The highest BCUT2D eigenvalue weighted by atomic mass is 16.6. The number of carbonyl (C=O) groups excluding carboxylic acids is 3. The fraction of sp³-hybridized carbons (Fsp3) is 0.671. The van der Waals surface area contributed by atoms with E-state index in [0.717, 1.165) is 154 Å². The minimum Gasteiger partial charge on any atom is -0.462 e. The number of esters is 3. The van der Waals surface area contributed by atoms with Crippen LogP contribution in [0.2, 0.25) is 0 Å². The monoisotopic (exact) mass is 1130 g/mol. The number of rotatable bonds is 61. The molecule has 0 aromatic rings. The SMILES string of the molecule is CC/C=C\C/C=C\C/C=C\C/C=C\C/C=C\C/C=C\CCCCCCC(=O)OCC(COC(=O)CCCCCCCCCCCCCCCCCCCC)OC(=O)CCCCCCCCC/C=C\C/C=C\C/C=C\C/C=C\C/C=C\CC. The molecule has 0 aliphatic rings. The molecule has 0 amide bonds. The summed E-state index contributed by atoms with van der Waals surface area (Å²) in [5.74, 6) is -0.920. The van der Waals surface area contributed by atoms with Gasteiger partial charge < -0.3 is 14.2 Å². The molecular weight excluding hydrogens is 1010 g/mol. The van der Waals surface area contributed by atoms with Gasteiger partial charge in [0.05, 0.1) is 0 Å². The lowest BCUT2D eigenvalue weighted by molar-refractivity contribution is -0.167. The van der Waals surface area contributed by atoms with Crippen LogP contribution < -0.4 is 0 Å². The molecule has 0 aliphatic heterocycles. The maximum absolute atomic E-state index is 13.0. The Kier molecular flexibility index (Phi) is 65.3. The summed E-state index contributed by atoms with van der Waals surface area (Å²) in [6.07, 6.45) is 97.4. The largest absolute Gasteiger partial charge is 0.462 e. The zero-order valence-electron chi connectivity index (χ0n) is 53.5. The van der Waals surface area contributed by atoms with Gasteiger partial charge in [0.2, 0.25) is 0 Å². The molecule has 1 atom stereocenters. The molecule has 0 bridgehead atoms. The van der Waals surface area contributed by atoms with E-state index in [9.17, 15) is 14.4 Å². The number of unbranched alkanes of at least 4 members (excludes halogenated alkanes) is 28. The second kappa shape index (κ2) is 69.0. The van der Waals surface area contributed by atoms with Gasteiger partial charge in [0.1, 0.15) is 13.2 Å². The summed E-state index contributed by atoms with van der Waals surface area (Å²) in [4.78, 5) is 38.5. The molecule has 6 heteroatoms. The van der Waals surface area contributed by atoms with Crippen LogP contribution in [0.25, 0.3) is 0 Å². The molecule has 0 aromatic heterocycles. The molecule has 0 aliphatic carbocycles. The van der Waals surface area contributed by atoms with Crippen molar-refractivity contribution in [2.24, 2.45) is 0 Å². The first-order valence-electron chi connectivity index (χ1n) is 34.2. The van der Waals surface area contributed by atoms with Crippen molar-refractivity contribution in [3.8, 4) is 0 Å². The highest BCUT2D eigenvalue weighted by Gasteiger charge is 2.19. The van der Waals surface area contributed by atoms with Crippen LogP contribution in [-0.2, 0) is 28.6 Å². The van der Waals surface area contributed by atoms with Crippen LogP contribution in [0.15, 0.2) is 134 Å². The van der Waals surface area contributed by atoms with Crippen molar-refractivity contribution < 1.29 is 28.6 Å². The van der Waals surface area contributed by atoms with E-state index in [0.29, 0.717) is 19.3 Å². The van der Waals surface area contributed by atoms with E-state index in [1.54, 1.807) is 0 Å². The van der Waals surface area contributed by atoms with Crippen LogP contribution in [0.3, 0.4) is 0 Å². The fourth-order valence-corrected chi connectivity index (χ4v) is 9.36. The lowest BCUT2D eigenvalue weighted by atomic mass is 10.0. The average Bonchev–Trinajstić information content (AvgIpc) is 3.47. The second-order valence-electron chi connectivity index (χ2n) is 22.3. The van der Waals surface area contributed by atoms with E-state index in [4.69, 9.17) is 14.2 Å². The van der Waals surface area contributed by atoms with E-state index in [1.165, 1.54) is 116 Å². The number of carbonyl (C=O) groups is 3. The van der Waals surface area contributed by atoms with Crippen LogP contribution in [0, 0.1) is 0 Å². The van der Waals surface area contributed by atoms with E-state index < -0.39 is 6.10 Å². The summed E-state index contributed by atoms with van der Waals surface area (Å²) in [5.41, 5.74) is 0. The molecule has 1 unspecified atom stereocenters. The average molecular weight is 1140 g/mol. The molecule has 0 saturated carbocycles. The summed E-state index contributed by atoms with van der Waals surface area (Å²) < 4.78 is 17.0. The topological polar surface area (TPSA) is 78.9 Å². The van der Waals surface area contributed by atoms with Crippen molar-refractivity contribution in [2.45, 2.75) is 316 Å². The molecule has 0 radical (unpaired) electrons. The van der Waals surface area contributed by atoms with Crippen LogP contribution in [-0.4, -0.2) is 37.2 Å². The Bertz CT molecular complexity index is 1730. The third kappa shape index (κ3) is 66.4. The standard InChI is InChI=1S/C76H126O6/c1-4-7-10-13-16-19-22-25-28-31-34-36-38-40-42-45-48-51-54-57-60-63-66-69-75(78)81-72-73(71-80-74(77)68-65-62-59-56-53-50-47-44-33-30-27-24-21-18-15-12-9-6-3)82-76(79)70-67-64-61-58-55-52-49-46-43-41-39-37-35-32-29-26-23-20-17-14-11-8-5-2/h7-8,10-11,16-17,19-20,25-26,28-29,34-37,40-43,48,51,73H,4-6,9,12-15,18,21-24,27,30-33,38-39,44-47,49-50,52-72H2,1-3H3/b10-7-,11-8-,19-16-,20-17-,28-25-,29-26-,36-34-,37-35-,42-40-,43-41-,51-48-. The molecule has 0 rings (SSSR count). The molecule has 0 aromatic carbocycles. The molecule has 0 saturated heterocycles. The summed E-state index contributed by atoms with van der Waals surface area (Å²) in [6.45, 7) is 6.41. The second-order valence-corrected chi connectivity index (χ2v) is 22.3. The molecule has 466 valence electrons. The van der Waals surface area contributed by atoms with Crippen molar-refractivity contribution in [3.63, 3.8) is 0 Å². The Morgan fingerprint density at radius 3 is 0.744 bits per heavy atom. The van der Waals surface area contributed by atoms with Crippen LogP contribution in [0.4, 0.5) is 0 Å². The lowest BCUT2D eigenvalue weighted by Crippen LogP contribution is -2.30. The quantitative estimate of drug-likeness (QED) is 0.0261. The predicted octanol–water partition coefficient (Wildman–Crippen LogP) is 23.7. The zero-order chi connectivity index (χ0) is 59.2.